The summed E-state index contributed by atoms with van der Waals surface area (Å²) in [5.41, 5.74) is 2.01. The predicted molar refractivity (Wildman–Crippen MR) is 126 cm³/mol. The summed E-state index contributed by atoms with van der Waals surface area (Å²) < 4.78 is 36.3. The van der Waals surface area contributed by atoms with Crippen LogP contribution in [-0.4, -0.2) is 63.9 Å². The number of morpholine rings is 1. The molecule has 0 amide bonds. The van der Waals surface area contributed by atoms with Crippen LogP contribution >= 0.6 is 11.6 Å². The monoisotopic (exact) mass is 479 g/mol. The van der Waals surface area contributed by atoms with Gasteiger partial charge < -0.3 is 18.9 Å². The molecule has 33 heavy (non-hydrogen) atoms. The maximum absolute atomic E-state index is 13.1. The van der Waals surface area contributed by atoms with Gasteiger partial charge in [-0.3, -0.25) is 9.69 Å². The Morgan fingerprint density at radius 1 is 1.09 bits per heavy atom. The fourth-order valence-corrected chi connectivity index (χ4v) is 4.10. The molecule has 180 valence electrons. The summed E-state index contributed by atoms with van der Waals surface area (Å²) in [7, 11) is 1.51. The van der Waals surface area contributed by atoms with Gasteiger partial charge in [-0.1, -0.05) is 23.7 Å². The van der Waals surface area contributed by atoms with Crippen LogP contribution in [0.2, 0.25) is 5.02 Å². The average Bonchev–Trinajstić information content (AvgIpc) is 2.81. The molecule has 0 radical (unpaired) electrons. The summed E-state index contributed by atoms with van der Waals surface area (Å²) in [6.45, 7) is 7.80. The molecule has 0 aromatic heterocycles. The zero-order valence-electron chi connectivity index (χ0n) is 19.4. The van der Waals surface area contributed by atoms with Gasteiger partial charge in [0.15, 0.2) is 17.3 Å². The number of carbonyl (C=O) groups is 1. The molecule has 1 fully saturated rings. The molecule has 8 heteroatoms. The van der Waals surface area contributed by atoms with Gasteiger partial charge in [-0.05, 0) is 49.9 Å². The van der Waals surface area contributed by atoms with Crippen LogP contribution in [0, 0.1) is 12.7 Å². The van der Waals surface area contributed by atoms with Crippen molar-refractivity contribution < 1.29 is 28.1 Å². The number of hydrogen-bond acceptors (Lipinski definition) is 6. The summed E-state index contributed by atoms with van der Waals surface area (Å²) in [4.78, 5) is 14.8. The molecule has 0 atom stereocenters. The highest BCUT2D eigenvalue weighted by Gasteiger charge is 2.27. The highest BCUT2D eigenvalue weighted by molar-refractivity contribution is 6.34. The Balaban J connectivity index is 1.77. The Kier molecular flexibility index (Phi) is 9.35. The van der Waals surface area contributed by atoms with Gasteiger partial charge in [-0.25, -0.2) is 4.39 Å². The first-order valence-corrected chi connectivity index (χ1v) is 11.5. The number of rotatable bonds is 11. The third-order valence-electron chi connectivity index (χ3n) is 5.63. The van der Waals surface area contributed by atoms with Crippen molar-refractivity contribution in [2.45, 2.75) is 26.7 Å². The molecule has 3 rings (SSSR count). The Morgan fingerprint density at radius 2 is 1.76 bits per heavy atom. The molecule has 6 nitrogen and oxygen atoms in total. The summed E-state index contributed by atoms with van der Waals surface area (Å²) >= 11 is 6.53. The molecule has 0 bridgehead atoms. The fraction of sp³-hybridized carbons (Fsp3) is 0.480. The van der Waals surface area contributed by atoms with E-state index in [1.807, 2.05) is 0 Å². The SMILES string of the molecule is COc1c(Cl)c(C)c(C(C)=O)c(OCCN2CCOCC2)c1OCCCc1ccc(F)cc1. The van der Waals surface area contributed by atoms with E-state index in [-0.39, 0.29) is 11.6 Å². The fourth-order valence-electron chi connectivity index (χ4n) is 3.84. The van der Waals surface area contributed by atoms with E-state index in [4.69, 9.17) is 30.5 Å². The second kappa shape index (κ2) is 12.2. The van der Waals surface area contributed by atoms with Crippen LogP contribution in [0.15, 0.2) is 24.3 Å². The second-order valence-electron chi connectivity index (χ2n) is 7.94. The number of methoxy groups -OCH3 is 1. The molecule has 1 heterocycles. The summed E-state index contributed by atoms with van der Waals surface area (Å²) in [5.74, 6) is 0.622. The van der Waals surface area contributed by atoms with Gasteiger partial charge in [-0.2, -0.15) is 0 Å². The normalized spacial score (nSPS) is 14.2. The van der Waals surface area contributed by atoms with Crippen molar-refractivity contribution >= 4 is 17.4 Å². The molecule has 0 aliphatic carbocycles. The van der Waals surface area contributed by atoms with E-state index in [0.29, 0.717) is 72.8 Å². The number of nitrogens with zero attached hydrogens (tertiary/aromatic N) is 1. The number of hydrogen-bond donors (Lipinski definition) is 0. The Morgan fingerprint density at radius 3 is 2.39 bits per heavy atom. The largest absolute Gasteiger partial charge is 0.491 e. The molecule has 0 N–H and O–H groups in total. The van der Waals surface area contributed by atoms with Crippen LogP contribution in [0.1, 0.15) is 34.8 Å². The molecule has 1 aliphatic heterocycles. The zero-order valence-corrected chi connectivity index (χ0v) is 20.2. The van der Waals surface area contributed by atoms with Gasteiger partial charge in [0.1, 0.15) is 12.4 Å². The Hall–Kier alpha value is -2.35. The van der Waals surface area contributed by atoms with E-state index < -0.39 is 0 Å². The van der Waals surface area contributed by atoms with Crippen LogP contribution in [-0.2, 0) is 11.2 Å². The molecule has 1 aliphatic rings. The van der Waals surface area contributed by atoms with Gasteiger partial charge in [0.05, 0.1) is 37.5 Å². The number of benzene rings is 2. The topological polar surface area (TPSA) is 57.2 Å². The van der Waals surface area contributed by atoms with E-state index in [9.17, 15) is 9.18 Å². The standard InChI is InChI=1S/C25H31ClFNO5/c1-17-21(18(2)29)23(33-16-12-28-10-14-31-15-11-28)25(24(30-3)22(17)26)32-13-4-5-19-6-8-20(27)9-7-19/h6-9H,4-5,10-16H2,1-3H3. The molecule has 2 aromatic rings. The van der Waals surface area contributed by atoms with Gasteiger partial charge in [0.25, 0.3) is 0 Å². The Labute approximate surface area is 199 Å². The molecular formula is C25H31ClFNO5. The van der Waals surface area contributed by atoms with E-state index in [2.05, 4.69) is 4.90 Å². The number of halogens is 2. The van der Waals surface area contributed by atoms with Gasteiger partial charge in [0, 0.05) is 19.6 Å². The van der Waals surface area contributed by atoms with Crippen molar-refractivity contribution in [2.24, 2.45) is 0 Å². The van der Waals surface area contributed by atoms with Crippen LogP contribution in [0.4, 0.5) is 4.39 Å². The third kappa shape index (κ3) is 6.59. The van der Waals surface area contributed by atoms with Gasteiger partial charge in [-0.15, -0.1) is 0 Å². The van der Waals surface area contributed by atoms with Gasteiger partial charge >= 0.3 is 0 Å². The van der Waals surface area contributed by atoms with Crippen LogP contribution in [0.25, 0.3) is 0 Å². The predicted octanol–water partition coefficient (Wildman–Crippen LogP) is 4.72. The molecule has 1 saturated heterocycles. The highest BCUT2D eigenvalue weighted by atomic mass is 35.5. The maximum Gasteiger partial charge on any atom is 0.205 e. The first-order valence-electron chi connectivity index (χ1n) is 11.1. The summed E-state index contributed by atoms with van der Waals surface area (Å²) in [6, 6.07) is 6.40. The number of Topliss-reactive ketones (excluding diaryl/α,β-unsaturated/α-hetero) is 1. The van der Waals surface area contributed by atoms with E-state index in [1.54, 1.807) is 19.1 Å². The van der Waals surface area contributed by atoms with Crippen molar-refractivity contribution in [3.8, 4) is 17.2 Å². The molecular weight excluding hydrogens is 449 g/mol. The molecule has 0 unspecified atom stereocenters. The van der Waals surface area contributed by atoms with Crippen LogP contribution in [0.5, 0.6) is 17.2 Å². The van der Waals surface area contributed by atoms with Crippen molar-refractivity contribution in [1.29, 1.82) is 0 Å². The minimum atomic E-state index is -0.260. The lowest BCUT2D eigenvalue weighted by atomic mass is 10.0. The summed E-state index contributed by atoms with van der Waals surface area (Å²) in [6.07, 6.45) is 1.40. The highest BCUT2D eigenvalue weighted by Crippen LogP contribution is 2.48. The van der Waals surface area contributed by atoms with Crippen LogP contribution in [0.3, 0.4) is 0 Å². The van der Waals surface area contributed by atoms with Gasteiger partial charge in [0.2, 0.25) is 5.75 Å². The lowest BCUT2D eigenvalue weighted by Crippen LogP contribution is -2.38. The van der Waals surface area contributed by atoms with Crippen molar-refractivity contribution in [3.63, 3.8) is 0 Å². The number of aryl methyl sites for hydroxylation is 1. The molecule has 2 aromatic carbocycles. The molecule has 0 saturated carbocycles. The van der Waals surface area contributed by atoms with E-state index in [1.165, 1.54) is 26.2 Å². The lowest BCUT2D eigenvalue weighted by molar-refractivity contribution is 0.0320. The van der Waals surface area contributed by atoms with Crippen molar-refractivity contribution in [2.75, 3.05) is 53.2 Å². The first-order chi connectivity index (χ1) is 15.9. The smallest absolute Gasteiger partial charge is 0.205 e. The molecule has 0 spiro atoms. The van der Waals surface area contributed by atoms with E-state index in [0.717, 1.165) is 25.1 Å². The van der Waals surface area contributed by atoms with Crippen molar-refractivity contribution in [1.82, 2.24) is 4.90 Å². The van der Waals surface area contributed by atoms with E-state index >= 15 is 0 Å². The number of carbonyl (C=O) groups excluding carboxylic acids is 1. The number of ether oxygens (including phenoxy) is 4. The van der Waals surface area contributed by atoms with Crippen LogP contribution < -0.4 is 14.2 Å². The lowest BCUT2D eigenvalue weighted by Gasteiger charge is -2.27. The number of ketones is 1. The quantitative estimate of drug-likeness (QED) is 0.343. The third-order valence-corrected chi connectivity index (χ3v) is 6.08. The second-order valence-corrected chi connectivity index (χ2v) is 8.32. The average molecular weight is 480 g/mol. The van der Waals surface area contributed by atoms with Crippen molar-refractivity contribution in [3.05, 3.63) is 51.8 Å². The Bertz CT molecular complexity index is 945. The zero-order chi connectivity index (χ0) is 23.8. The minimum absolute atomic E-state index is 0.158. The minimum Gasteiger partial charge on any atom is -0.491 e. The maximum atomic E-state index is 13.1. The summed E-state index contributed by atoms with van der Waals surface area (Å²) in [5, 5.41) is 0.330. The first kappa shape index (κ1) is 25.3.